The fourth-order valence-corrected chi connectivity index (χ4v) is 0. The monoisotopic (exact) mass is 230 g/mol. The van der Waals surface area contributed by atoms with Crippen molar-refractivity contribution in [3.05, 3.63) is 6.92 Å². The summed E-state index contributed by atoms with van der Waals surface area (Å²) in [5.41, 5.74) is 0. The van der Waals surface area contributed by atoms with E-state index >= 15 is 0 Å². The Kier molecular flexibility index (Phi) is 1090. The maximum Gasteiger partial charge on any atom is 0.231 e. The third kappa shape index (κ3) is 1800000. The van der Waals surface area contributed by atoms with Gasteiger partial charge in [0.05, 0.1) is 0 Å². The summed E-state index contributed by atoms with van der Waals surface area (Å²) < 4.78 is 0. The van der Waals surface area contributed by atoms with Crippen molar-refractivity contribution in [1.29, 1.82) is 5.41 Å². The van der Waals surface area contributed by atoms with Gasteiger partial charge in [0, 0.05) is 43.0 Å². The Morgan fingerprint density at radius 1 is 1.15 bits per heavy atom. The van der Waals surface area contributed by atoms with Crippen LogP contribution in [0.25, 0.3) is 0 Å². The molecule has 0 aliphatic carbocycles. The van der Waals surface area contributed by atoms with Crippen molar-refractivity contribution >= 4 is 6.08 Å². The molecule has 0 heterocycles. The smallest absolute Gasteiger partial charge is 0.231 e. The average molecular weight is 230 g/mol. The number of isocyanates is 1. The summed E-state index contributed by atoms with van der Waals surface area (Å²) >= 11 is 0. The van der Waals surface area contributed by atoms with Gasteiger partial charge in [-0.2, -0.15) is 6.42 Å². The van der Waals surface area contributed by atoms with Gasteiger partial charge in [0.1, 0.15) is 0 Å². The molecule has 0 saturated heterocycles. The molecule has 0 spiro atoms. The molecular weight excluding hydrogens is 210 g/mol. The summed E-state index contributed by atoms with van der Waals surface area (Å²) in [7, 11) is 3.00. The van der Waals surface area contributed by atoms with Gasteiger partial charge in [-0.25, -0.2) is 10.2 Å². The second-order valence-corrected chi connectivity index (χ2v) is 0.602. The van der Waals surface area contributed by atoms with E-state index in [1.165, 1.54) is 0 Å². The molecule has 0 saturated carbocycles. The molecule has 5 nitrogen and oxygen atoms in total. The van der Waals surface area contributed by atoms with Crippen molar-refractivity contribution in [2.75, 3.05) is 21.3 Å². The Hall–Kier alpha value is -0.0257. The van der Waals surface area contributed by atoms with Gasteiger partial charge >= 0.3 is 0 Å². The summed E-state index contributed by atoms with van der Waals surface area (Å²) in [5, 5.41) is 26.4. The van der Waals surface area contributed by atoms with Gasteiger partial charge in [0.25, 0.3) is 0 Å². The molecule has 0 rings (SSSR count). The zero-order valence-electron chi connectivity index (χ0n) is 8.66. The number of carbonyl (C=O) groups excluding carboxylic acids is 1. The number of hydrogen-bond donors (Lipinski definition) is 4. The first-order valence-corrected chi connectivity index (χ1v) is 3.00. The van der Waals surface area contributed by atoms with Crippen LogP contribution < -0.4 is 0 Å². The van der Waals surface area contributed by atoms with E-state index in [4.69, 9.17) is 25.5 Å². The van der Waals surface area contributed by atoms with E-state index in [0.29, 0.717) is 0 Å². The number of rotatable bonds is 0. The Morgan fingerprint density at radius 3 is 1.15 bits per heavy atom. The number of aliphatic hydroxyl groups is 3. The van der Waals surface area contributed by atoms with Crippen molar-refractivity contribution in [2.24, 2.45) is 0 Å². The van der Waals surface area contributed by atoms with Gasteiger partial charge in [0.2, 0.25) is 6.08 Å². The second kappa shape index (κ2) is 370. The molecule has 0 aromatic carbocycles. The quantitative estimate of drug-likeness (QED) is 0.203. The van der Waals surface area contributed by atoms with Crippen LogP contribution in [0.2, 0.25) is 0 Å². The molecule has 4 N–H and O–H groups in total. The maximum absolute atomic E-state index is 8.35. The molecule has 0 aliphatic heterocycles. The third-order valence-corrected chi connectivity index (χ3v) is 0. The summed E-state index contributed by atoms with van der Waals surface area (Å²) in [6.07, 6.45) is 1.75. The first-order chi connectivity index (χ1) is 5.83. The van der Waals surface area contributed by atoms with E-state index < -0.39 is 0 Å². The summed E-state index contributed by atoms with van der Waals surface area (Å²) in [6.45, 7) is 5.50. The zero-order chi connectivity index (χ0) is 11.4. The molecule has 0 aliphatic rings. The SMILES string of the molecule is CO.CO.CO.N=C=O.[CH2-]CC.[Ti]. The Balaban J connectivity index is -0.0000000118. The third-order valence-electron chi connectivity index (χ3n) is 0. The number of aliphatic hydroxyl groups excluding tert-OH is 3. The molecule has 0 bridgehead atoms. The fraction of sp³-hybridized carbons (Fsp3) is 0.714. The Bertz CT molecular complexity index is 49.8. The molecule has 0 aromatic heterocycles. The predicted octanol–water partition coefficient (Wildman–Crippen LogP) is -0.0455. The standard InChI is InChI=1S/C3H7.CHNO.3CH4O.Ti/c1-3-2;2-1-3;3*1-2;/h1,3H2,2H3;2H;3*2H,1H3;/q-1;;;;;. The van der Waals surface area contributed by atoms with Gasteiger partial charge in [-0.3, -0.25) is 0 Å². The van der Waals surface area contributed by atoms with Crippen molar-refractivity contribution < 1.29 is 41.8 Å². The maximum atomic E-state index is 8.35. The predicted molar refractivity (Wildman–Crippen MR) is 48.5 cm³/mol. The minimum absolute atomic E-state index is 0. The van der Waals surface area contributed by atoms with Crippen LogP contribution in [0.1, 0.15) is 13.3 Å². The molecule has 82 valence electrons. The number of hydrogen-bond acceptors (Lipinski definition) is 5. The first-order valence-electron chi connectivity index (χ1n) is 3.00. The molecule has 0 unspecified atom stereocenters. The van der Waals surface area contributed by atoms with Gasteiger partial charge in [-0.15, -0.1) is 0 Å². The van der Waals surface area contributed by atoms with E-state index in [2.05, 4.69) is 6.92 Å². The Labute approximate surface area is 95.2 Å². The van der Waals surface area contributed by atoms with Crippen molar-refractivity contribution in [3.8, 4) is 0 Å². The minimum Gasteiger partial charge on any atom is -0.400 e. The molecular formula is C7H20NO4Ti-. The van der Waals surface area contributed by atoms with Crippen LogP contribution in [-0.4, -0.2) is 42.7 Å². The fourth-order valence-electron chi connectivity index (χ4n) is 0. The molecule has 0 fully saturated rings. The average Bonchev–Trinajstić information content (AvgIpc) is 2.16. The van der Waals surface area contributed by atoms with E-state index in [1.54, 1.807) is 0 Å². The Morgan fingerprint density at radius 2 is 1.15 bits per heavy atom. The molecule has 6 heteroatoms. The van der Waals surface area contributed by atoms with Crippen molar-refractivity contribution in [1.82, 2.24) is 0 Å². The zero-order valence-corrected chi connectivity index (χ0v) is 10.2. The van der Waals surface area contributed by atoms with Crippen molar-refractivity contribution in [3.63, 3.8) is 0 Å². The summed E-state index contributed by atoms with van der Waals surface area (Å²) in [6, 6.07) is 0. The van der Waals surface area contributed by atoms with Gasteiger partial charge in [0.15, 0.2) is 0 Å². The minimum atomic E-state index is 0. The van der Waals surface area contributed by atoms with Crippen LogP contribution in [-0.2, 0) is 26.5 Å². The van der Waals surface area contributed by atoms with Crippen LogP contribution >= 0.6 is 0 Å². The van der Waals surface area contributed by atoms with Crippen LogP contribution in [0.15, 0.2) is 0 Å². The van der Waals surface area contributed by atoms with E-state index in [9.17, 15) is 0 Å². The van der Waals surface area contributed by atoms with E-state index in [-0.39, 0.29) is 21.7 Å². The van der Waals surface area contributed by atoms with Crippen molar-refractivity contribution in [2.45, 2.75) is 13.3 Å². The summed E-state index contributed by atoms with van der Waals surface area (Å²) in [5.74, 6) is 0. The topological polar surface area (TPSA) is 102 Å². The van der Waals surface area contributed by atoms with Crippen LogP contribution in [0.4, 0.5) is 0 Å². The van der Waals surface area contributed by atoms with Crippen LogP contribution in [0, 0.1) is 12.3 Å². The first kappa shape index (κ1) is 38.2. The summed E-state index contributed by atoms with van der Waals surface area (Å²) in [4.78, 5) is 8.35. The van der Waals surface area contributed by atoms with E-state index in [0.717, 1.165) is 33.8 Å². The molecule has 13 heavy (non-hydrogen) atoms. The van der Waals surface area contributed by atoms with Crippen LogP contribution in [0.5, 0.6) is 0 Å². The molecule has 0 aromatic rings. The van der Waals surface area contributed by atoms with Gasteiger partial charge < -0.3 is 22.2 Å². The number of nitrogens with one attached hydrogen (secondary N) is 1. The molecule has 0 amide bonds. The largest absolute Gasteiger partial charge is 0.400 e. The van der Waals surface area contributed by atoms with Gasteiger partial charge in [-0.1, -0.05) is 6.92 Å². The molecule has 0 atom stereocenters. The van der Waals surface area contributed by atoms with Crippen LogP contribution in [0.3, 0.4) is 0 Å². The second-order valence-electron chi connectivity index (χ2n) is 0.602. The molecule has 0 radical (unpaired) electrons. The van der Waals surface area contributed by atoms with Gasteiger partial charge in [-0.05, 0) is 0 Å². The normalized spacial score (nSPS) is 3.38. The van der Waals surface area contributed by atoms with E-state index in [1.807, 2.05) is 6.92 Å².